The molecule has 2 atom stereocenters. The van der Waals surface area contributed by atoms with E-state index in [2.05, 4.69) is 14.9 Å². The van der Waals surface area contributed by atoms with Gasteiger partial charge in [-0.1, -0.05) is 30.0 Å². The highest BCUT2D eigenvalue weighted by atomic mass is 32.2. The highest BCUT2D eigenvalue weighted by molar-refractivity contribution is 8.15. The van der Waals surface area contributed by atoms with Crippen LogP contribution in [0, 0.1) is 0 Å². The van der Waals surface area contributed by atoms with Gasteiger partial charge in [0.2, 0.25) is 15.9 Å². The fourth-order valence-corrected chi connectivity index (χ4v) is 6.34. The van der Waals surface area contributed by atoms with Crippen molar-refractivity contribution in [2.75, 3.05) is 42.1 Å². The number of aromatic hydroxyl groups is 1. The smallest absolute Gasteiger partial charge is 0.323 e. The molecule has 216 valence electrons. The van der Waals surface area contributed by atoms with Crippen molar-refractivity contribution in [3.05, 3.63) is 53.6 Å². The van der Waals surface area contributed by atoms with Gasteiger partial charge in [-0.05, 0) is 54.7 Å². The number of carbonyl (C=O) groups excluding carboxylic acids is 2. The highest BCUT2D eigenvalue weighted by Crippen LogP contribution is 2.31. The van der Waals surface area contributed by atoms with Crippen LogP contribution in [0.25, 0.3) is 0 Å². The van der Waals surface area contributed by atoms with Crippen molar-refractivity contribution >= 4 is 50.3 Å². The van der Waals surface area contributed by atoms with Gasteiger partial charge in [-0.2, -0.15) is 0 Å². The Morgan fingerprint density at radius 1 is 1.12 bits per heavy atom. The van der Waals surface area contributed by atoms with Gasteiger partial charge in [0.15, 0.2) is 0 Å². The van der Waals surface area contributed by atoms with E-state index in [1.54, 1.807) is 6.07 Å². The number of anilines is 2. The first-order chi connectivity index (χ1) is 18.9. The lowest BCUT2D eigenvalue weighted by molar-refractivity contribution is -0.141. The number of hydrogen-bond acceptors (Lipinski definition) is 10. The van der Waals surface area contributed by atoms with Crippen LogP contribution in [0.3, 0.4) is 0 Å². The van der Waals surface area contributed by atoms with Crippen LogP contribution in [-0.2, 0) is 26.0 Å². The van der Waals surface area contributed by atoms with E-state index in [4.69, 9.17) is 5.11 Å². The van der Waals surface area contributed by atoms with E-state index < -0.39 is 45.0 Å². The Hall–Kier alpha value is -3.33. The van der Waals surface area contributed by atoms with Crippen molar-refractivity contribution in [3.8, 4) is 5.75 Å². The summed E-state index contributed by atoms with van der Waals surface area (Å²) in [6.07, 6.45) is 2.13. The number of aliphatic carboxylic acids is 1. The zero-order valence-electron chi connectivity index (χ0n) is 21.8. The number of carboxylic acid groups (broad SMARTS) is 1. The van der Waals surface area contributed by atoms with Gasteiger partial charge in [-0.3, -0.25) is 24.0 Å². The summed E-state index contributed by atoms with van der Waals surface area (Å²) >= 11 is 0.860. The van der Waals surface area contributed by atoms with E-state index in [0.717, 1.165) is 60.1 Å². The third kappa shape index (κ3) is 7.65. The molecule has 14 heteroatoms. The summed E-state index contributed by atoms with van der Waals surface area (Å²) in [5, 5.41) is 31.6. The molecule has 2 aromatic carbocycles. The Morgan fingerprint density at radius 2 is 1.80 bits per heavy atom. The minimum Gasteiger partial charge on any atom is -0.506 e. The van der Waals surface area contributed by atoms with Crippen molar-refractivity contribution in [1.82, 2.24) is 10.2 Å². The second-order valence-corrected chi connectivity index (χ2v) is 12.8. The molecule has 0 aromatic heterocycles. The Kier molecular flexibility index (Phi) is 9.23. The number of carboxylic acids is 1. The molecule has 40 heavy (non-hydrogen) atoms. The van der Waals surface area contributed by atoms with Crippen LogP contribution < -0.4 is 14.9 Å². The molecule has 12 nitrogen and oxygen atoms in total. The lowest BCUT2D eigenvalue weighted by Crippen LogP contribution is -2.43. The van der Waals surface area contributed by atoms with Crippen molar-refractivity contribution in [2.45, 2.75) is 36.7 Å². The molecule has 0 spiro atoms. The number of aliphatic hydroxyl groups excluding tert-OH is 1. The summed E-state index contributed by atoms with van der Waals surface area (Å²) in [5.74, 6) is -1.92. The number of thioether (sulfide) groups is 1. The molecule has 2 aliphatic rings. The van der Waals surface area contributed by atoms with E-state index in [-0.39, 0.29) is 24.0 Å². The van der Waals surface area contributed by atoms with E-state index in [1.807, 2.05) is 24.3 Å². The number of imide groups is 1. The largest absolute Gasteiger partial charge is 0.506 e. The number of aliphatic hydroxyl groups is 1. The minimum absolute atomic E-state index is 0.0145. The van der Waals surface area contributed by atoms with Crippen LogP contribution in [-0.4, -0.2) is 89.5 Å². The second kappa shape index (κ2) is 12.5. The van der Waals surface area contributed by atoms with E-state index in [0.29, 0.717) is 12.0 Å². The van der Waals surface area contributed by atoms with Crippen LogP contribution in [0.2, 0.25) is 0 Å². The third-order valence-electron chi connectivity index (χ3n) is 6.82. The lowest BCUT2D eigenvalue weighted by Gasteiger charge is -2.34. The molecular formula is C26H32N4O8S2. The number of nitrogens with zero attached hydrogens (tertiary/aromatic N) is 2. The Labute approximate surface area is 236 Å². The molecule has 0 aliphatic carbocycles. The fourth-order valence-electron chi connectivity index (χ4n) is 4.74. The molecular weight excluding hydrogens is 560 g/mol. The summed E-state index contributed by atoms with van der Waals surface area (Å²) < 4.78 is 25.2. The maximum Gasteiger partial charge on any atom is 0.323 e. The van der Waals surface area contributed by atoms with E-state index in [9.17, 15) is 33.0 Å². The molecule has 5 N–H and O–H groups in total. The van der Waals surface area contributed by atoms with Crippen LogP contribution in [0.5, 0.6) is 5.75 Å². The van der Waals surface area contributed by atoms with Crippen LogP contribution >= 0.6 is 11.8 Å². The SMILES string of the molecule is CS(=O)(=O)Nc1cc([C@H](O)CNC2CCN(c3ccc(CC4SC(=O)N(CC(=O)O)C4=O)cc3)CC2)ccc1O. The third-order valence-corrected chi connectivity index (χ3v) is 8.48. The summed E-state index contributed by atoms with van der Waals surface area (Å²) in [5.41, 5.74) is 2.41. The zero-order valence-corrected chi connectivity index (χ0v) is 23.5. The lowest BCUT2D eigenvalue weighted by atomic mass is 10.0. The molecule has 2 fully saturated rings. The topological polar surface area (TPSA) is 177 Å². The standard InChI is InChI=1S/C26H32N4O8S2/c1-40(37,38)28-20-13-17(4-7-21(20)31)22(32)14-27-18-8-10-29(11-9-18)19-5-2-16(3-6-19)12-23-25(35)30(15-24(33)34)26(36)39-23/h2-7,13,18,22-23,27-28,31-32H,8-12,14-15H2,1H3,(H,33,34)/t22-,23?/m1/s1. The first-order valence-electron chi connectivity index (χ1n) is 12.7. The average Bonchev–Trinajstić information content (AvgIpc) is 3.15. The van der Waals surface area contributed by atoms with Gasteiger partial charge in [0, 0.05) is 31.4 Å². The molecule has 2 aromatic rings. The summed E-state index contributed by atoms with van der Waals surface area (Å²) in [7, 11) is -3.58. The Balaban J connectivity index is 1.24. The van der Waals surface area contributed by atoms with E-state index >= 15 is 0 Å². The highest BCUT2D eigenvalue weighted by Gasteiger charge is 2.40. The van der Waals surface area contributed by atoms with Crippen molar-refractivity contribution < 1.29 is 38.1 Å². The van der Waals surface area contributed by atoms with Gasteiger partial charge in [-0.15, -0.1) is 0 Å². The van der Waals surface area contributed by atoms with Gasteiger partial charge in [-0.25, -0.2) is 8.42 Å². The number of carbonyl (C=O) groups is 3. The minimum atomic E-state index is -3.58. The van der Waals surface area contributed by atoms with Crippen LogP contribution in [0.15, 0.2) is 42.5 Å². The molecule has 0 saturated carbocycles. The van der Waals surface area contributed by atoms with Crippen molar-refractivity contribution in [3.63, 3.8) is 0 Å². The number of hydrogen-bond donors (Lipinski definition) is 5. The van der Waals surface area contributed by atoms with Crippen LogP contribution in [0.4, 0.5) is 16.2 Å². The number of piperidine rings is 1. The first-order valence-corrected chi connectivity index (χ1v) is 15.5. The van der Waals surface area contributed by atoms with Gasteiger partial charge >= 0.3 is 5.97 Å². The van der Waals surface area contributed by atoms with Gasteiger partial charge in [0.05, 0.1) is 23.3 Å². The number of nitrogens with one attached hydrogen (secondary N) is 2. The molecule has 2 heterocycles. The summed E-state index contributed by atoms with van der Waals surface area (Å²) in [4.78, 5) is 38.3. The zero-order chi connectivity index (χ0) is 29.0. The van der Waals surface area contributed by atoms with Crippen LogP contribution in [0.1, 0.15) is 30.1 Å². The predicted molar refractivity (Wildman–Crippen MR) is 151 cm³/mol. The number of rotatable bonds is 11. The van der Waals surface area contributed by atoms with Gasteiger partial charge < -0.3 is 25.5 Å². The quantitative estimate of drug-likeness (QED) is 0.240. The van der Waals surface area contributed by atoms with Gasteiger partial charge in [0.1, 0.15) is 12.3 Å². The van der Waals surface area contributed by atoms with Crippen molar-refractivity contribution in [1.29, 1.82) is 0 Å². The average molecular weight is 593 g/mol. The molecule has 4 rings (SSSR count). The van der Waals surface area contributed by atoms with Gasteiger partial charge in [0.25, 0.3) is 5.24 Å². The molecule has 0 bridgehead atoms. The number of sulfonamides is 1. The number of phenolic OH excluding ortho intramolecular Hbond substituents is 1. The fraction of sp³-hybridized carbons (Fsp3) is 0.423. The number of benzene rings is 2. The molecule has 2 amide bonds. The Morgan fingerprint density at radius 3 is 2.42 bits per heavy atom. The predicted octanol–water partition coefficient (Wildman–Crippen LogP) is 1.75. The number of amides is 2. The Bertz CT molecular complexity index is 1360. The molecule has 2 aliphatic heterocycles. The maximum absolute atomic E-state index is 12.4. The monoisotopic (exact) mass is 592 g/mol. The maximum atomic E-state index is 12.4. The first kappa shape index (κ1) is 29.6. The summed E-state index contributed by atoms with van der Waals surface area (Å²) in [6.45, 7) is 1.24. The number of phenols is 1. The van der Waals surface area contributed by atoms with Crippen molar-refractivity contribution in [2.24, 2.45) is 0 Å². The second-order valence-electron chi connectivity index (χ2n) is 9.90. The van der Waals surface area contributed by atoms with E-state index in [1.165, 1.54) is 12.1 Å². The molecule has 0 radical (unpaired) electrons. The normalized spacial score (nSPS) is 19.2. The molecule has 2 saturated heterocycles. The summed E-state index contributed by atoms with van der Waals surface area (Å²) in [6, 6.07) is 12.3. The molecule has 1 unspecified atom stereocenters.